The fraction of sp³-hybridized carbons (Fsp3) is 0.600. The van der Waals surface area contributed by atoms with Gasteiger partial charge >= 0.3 is 0 Å². The van der Waals surface area contributed by atoms with Crippen LogP contribution in [0, 0.1) is 6.92 Å². The van der Waals surface area contributed by atoms with Crippen LogP contribution in [0.25, 0.3) is 0 Å². The highest BCUT2D eigenvalue weighted by molar-refractivity contribution is 7.89. The minimum absolute atomic E-state index is 0.0745. The number of carbonyl (C=O) groups excluding carboxylic acids is 2. The summed E-state index contributed by atoms with van der Waals surface area (Å²) in [6.07, 6.45) is 1.11. The molecule has 162 valence electrons. The molecule has 0 aromatic heterocycles. The maximum Gasteiger partial charge on any atom is 0.243 e. The van der Waals surface area contributed by atoms with Crippen LogP contribution in [0.4, 0.5) is 0 Å². The molecule has 0 spiro atoms. The van der Waals surface area contributed by atoms with Crippen LogP contribution >= 0.6 is 0 Å². The van der Waals surface area contributed by atoms with E-state index in [1.54, 1.807) is 24.3 Å². The van der Waals surface area contributed by atoms with Gasteiger partial charge in [-0.2, -0.15) is 4.31 Å². The van der Waals surface area contributed by atoms with Gasteiger partial charge in [0.15, 0.2) is 0 Å². The molecule has 1 fully saturated rings. The number of amides is 2. The molecule has 8 nitrogen and oxygen atoms in total. The zero-order valence-electron chi connectivity index (χ0n) is 17.5. The first-order valence-electron chi connectivity index (χ1n) is 10.1. The van der Waals surface area contributed by atoms with Gasteiger partial charge in [0.05, 0.1) is 11.4 Å². The molecule has 1 atom stereocenters. The Hall–Kier alpha value is -1.97. The van der Waals surface area contributed by atoms with Crippen molar-refractivity contribution in [3.63, 3.8) is 0 Å². The quantitative estimate of drug-likeness (QED) is 0.609. The fourth-order valence-electron chi connectivity index (χ4n) is 3.01. The summed E-state index contributed by atoms with van der Waals surface area (Å²) in [6.45, 7) is 8.03. The molecule has 1 aliphatic rings. The van der Waals surface area contributed by atoms with E-state index in [1.165, 1.54) is 4.31 Å². The summed E-state index contributed by atoms with van der Waals surface area (Å²) in [4.78, 5) is 26.0. The highest BCUT2D eigenvalue weighted by Gasteiger charge is 2.28. The highest BCUT2D eigenvalue weighted by atomic mass is 32.2. The highest BCUT2D eigenvalue weighted by Crippen LogP contribution is 2.18. The monoisotopic (exact) mass is 424 g/mol. The van der Waals surface area contributed by atoms with Gasteiger partial charge in [-0.1, -0.05) is 24.6 Å². The molecule has 1 saturated heterocycles. The number of nitrogens with zero attached hydrogens (tertiary/aromatic N) is 2. The Kier molecular flexibility index (Phi) is 8.60. The Morgan fingerprint density at radius 1 is 1.07 bits per heavy atom. The Morgan fingerprint density at radius 2 is 1.69 bits per heavy atom. The number of piperazine rings is 1. The number of hydrogen-bond acceptors (Lipinski definition) is 5. The lowest BCUT2D eigenvalue weighted by Gasteiger charge is -2.33. The van der Waals surface area contributed by atoms with Crippen LogP contribution in [0.5, 0.6) is 0 Å². The zero-order chi connectivity index (χ0) is 21.4. The van der Waals surface area contributed by atoms with Gasteiger partial charge in [0.1, 0.15) is 0 Å². The summed E-state index contributed by atoms with van der Waals surface area (Å²) >= 11 is 0. The van der Waals surface area contributed by atoms with Crippen LogP contribution in [-0.2, 0) is 19.6 Å². The van der Waals surface area contributed by atoms with Gasteiger partial charge in [-0.05, 0) is 32.4 Å². The second-order valence-electron chi connectivity index (χ2n) is 7.47. The van der Waals surface area contributed by atoms with E-state index in [4.69, 9.17) is 0 Å². The number of aryl methyl sites for hydroxylation is 1. The van der Waals surface area contributed by atoms with E-state index in [1.807, 2.05) is 25.7 Å². The minimum Gasteiger partial charge on any atom is -0.354 e. The first-order valence-corrected chi connectivity index (χ1v) is 11.5. The normalized spacial score (nSPS) is 16.9. The molecule has 1 heterocycles. The van der Waals surface area contributed by atoms with Crippen LogP contribution in [-0.4, -0.2) is 74.7 Å². The summed E-state index contributed by atoms with van der Waals surface area (Å²) in [6, 6.07) is 6.96. The van der Waals surface area contributed by atoms with E-state index in [2.05, 4.69) is 10.6 Å². The van der Waals surface area contributed by atoms with Gasteiger partial charge in [0.2, 0.25) is 21.8 Å². The van der Waals surface area contributed by atoms with E-state index >= 15 is 0 Å². The lowest BCUT2D eigenvalue weighted by atomic mass is 10.2. The molecule has 1 aromatic carbocycles. The van der Waals surface area contributed by atoms with E-state index in [0.717, 1.165) is 12.0 Å². The molecule has 0 bridgehead atoms. The van der Waals surface area contributed by atoms with Crippen LogP contribution in [0.2, 0.25) is 0 Å². The third-order valence-corrected chi connectivity index (χ3v) is 6.96. The molecule has 0 saturated carbocycles. The standard InChI is InChI=1S/C20H32N4O4S/c1-4-17(3)22-19(25)9-10-21-20(26)15-23-11-13-24(14-12-23)29(27,28)18-7-5-16(2)6-8-18/h5-8,17H,4,9-15H2,1-3H3,(H,21,26)(H,22,25). The molecule has 1 aromatic rings. The van der Waals surface area contributed by atoms with E-state index in [9.17, 15) is 18.0 Å². The number of sulfonamides is 1. The van der Waals surface area contributed by atoms with Crippen molar-refractivity contribution < 1.29 is 18.0 Å². The summed E-state index contributed by atoms with van der Waals surface area (Å²) in [7, 11) is -3.51. The summed E-state index contributed by atoms with van der Waals surface area (Å²) in [5.41, 5.74) is 1.01. The Morgan fingerprint density at radius 3 is 2.28 bits per heavy atom. The van der Waals surface area contributed by atoms with Crippen molar-refractivity contribution in [3.8, 4) is 0 Å². The summed E-state index contributed by atoms with van der Waals surface area (Å²) in [5, 5.41) is 5.61. The molecular formula is C20H32N4O4S. The molecule has 1 aliphatic heterocycles. The van der Waals surface area contributed by atoms with Crippen molar-refractivity contribution in [1.29, 1.82) is 0 Å². The van der Waals surface area contributed by atoms with E-state index < -0.39 is 10.0 Å². The number of carbonyl (C=O) groups is 2. The number of benzene rings is 1. The molecule has 29 heavy (non-hydrogen) atoms. The Labute approximate surface area is 173 Å². The molecule has 9 heteroatoms. The first-order chi connectivity index (χ1) is 13.7. The van der Waals surface area contributed by atoms with Crippen LogP contribution < -0.4 is 10.6 Å². The molecular weight excluding hydrogens is 392 g/mol. The fourth-order valence-corrected chi connectivity index (χ4v) is 4.43. The largest absolute Gasteiger partial charge is 0.354 e. The van der Waals surface area contributed by atoms with Crippen molar-refractivity contribution in [2.75, 3.05) is 39.3 Å². The lowest BCUT2D eigenvalue weighted by molar-refractivity contribution is -0.123. The second-order valence-corrected chi connectivity index (χ2v) is 9.41. The predicted molar refractivity (Wildman–Crippen MR) is 112 cm³/mol. The third-order valence-electron chi connectivity index (χ3n) is 5.05. The topological polar surface area (TPSA) is 98.8 Å². The average molecular weight is 425 g/mol. The second kappa shape index (κ2) is 10.7. The maximum absolute atomic E-state index is 12.7. The van der Waals surface area contributed by atoms with Crippen LogP contribution in [0.1, 0.15) is 32.3 Å². The minimum atomic E-state index is -3.51. The van der Waals surface area contributed by atoms with Crippen molar-refractivity contribution in [1.82, 2.24) is 19.8 Å². The van der Waals surface area contributed by atoms with E-state index in [-0.39, 0.29) is 30.8 Å². The molecule has 2 rings (SSSR count). The van der Waals surface area contributed by atoms with Crippen molar-refractivity contribution in [2.24, 2.45) is 0 Å². The van der Waals surface area contributed by atoms with Gasteiger partial charge < -0.3 is 10.6 Å². The van der Waals surface area contributed by atoms with Gasteiger partial charge in [0, 0.05) is 45.2 Å². The van der Waals surface area contributed by atoms with Gasteiger partial charge in [-0.25, -0.2) is 8.42 Å². The first kappa shape index (κ1) is 23.3. The maximum atomic E-state index is 12.7. The third kappa shape index (κ3) is 7.09. The number of nitrogens with one attached hydrogen (secondary N) is 2. The van der Waals surface area contributed by atoms with Crippen LogP contribution in [0.3, 0.4) is 0 Å². The van der Waals surface area contributed by atoms with Gasteiger partial charge in [0.25, 0.3) is 0 Å². The summed E-state index contributed by atoms with van der Waals surface area (Å²) in [5.74, 6) is -0.231. The van der Waals surface area contributed by atoms with Crippen LogP contribution in [0.15, 0.2) is 29.2 Å². The van der Waals surface area contributed by atoms with E-state index in [0.29, 0.717) is 37.6 Å². The molecule has 0 radical (unpaired) electrons. The molecule has 1 unspecified atom stereocenters. The Balaban J connectivity index is 1.73. The molecule has 0 aliphatic carbocycles. The number of rotatable bonds is 9. The van der Waals surface area contributed by atoms with Gasteiger partial charge in [-0.15, -0.1) is 0 Å². The average Bonchev–Trinajstić information content (AvgIpc) is 2.68. The number of hydrogen-bond donors (Lipinski definition) is 2. The van der Waals surface area contributed by atoms with Crippen molar-refractivity contribution >= 4 is 21.8 Å². The Bertz CT molecular complexity index is 787. The summed E-state index contributed by atoms with van der Waals surface area (Å²) < 4.78 is 26.9. The predicted octanol–water partition coefficient (Wildman–Crippen LogP) is 0.722. The van der Waals surface area contributed by atoms with Gasteiger partial charge in [-0.3, -0.25) is 14.5 Å². The smallest absolute Gasteiger partial charge is 0.243 e. The van der Waals surface area contributed by atoms with Crippen molar-refractivity contribution in [3.05, 3.63) is 29.8 Å². The van der Waals surface area contributed by atoms with Crippen molar-refractivity contribution in [2.45, 2.75) is 44.6 Å². The molecule has 2 N–H and O–H groups in total. The lowest BCUT2D eigenvalue weighted by Crippen LogP contribution is -2.51. The SMILES string of the molecule is CCC(C)NC(=O)CCNC(=O)CN1CCN(S(=O)(=O)c2ccc(C)cc2)CC1. The molecule has 2 amide bonds. The zero-order valence-corrected chi connectivity index (χ0v) is 18.3.